The number of rotatable bonds is 76. The summed E-state index contributed by atoms with van der Waals surface area (Å²) in [6.45, 7) is 4.75. The predicted molar refractivity (Wildman–Crippen MR) is 418 cm³/mol. The van der Waals surface area contributed by atoms with Crippen molar-refractivity contribution in [3.05, 3.63) is 97.2 Å². The zero-order chi connectivity index (χ0) is 74.6. The van der Waals surface area contributed by atoms with Gasteiger partial charge in [0, 0.05) is 25.7 Å². The number of hydrogen-bond donors (Lipinski definition) is 3. The first kappa shape index (κ1) is 98.0. The van der Waals surface area contributed by atoms with Gasteiger partial charge in [0.1, 0.15) is 19.3 Å². The smallest absolute Gasteiger partial charge is 0.462 e. The number of carbonyl (C=O) groups is 4. The number of esters is 4. The summed E-state index contributed by atoms with van der Waals surface area (Å²) in [7, 11) is -9.98. The van der Waals surface area contributed by atoms with Crippen LogP contribution in [0.3, 0.4) is 0 Å². The first-order valence-corrected chi connectivity index (χ1v) is 43.5. The van der Waals surface area contributed by atoms with Crippen LogP contribution in [0.15, 0.2) is 97.2 Å². The molecule has 17 nitrogen and oxygen atoms in total. The van der Waals surface area contributed by atoms with E-state index in [4.69, 9.17) is 37.0 Å². The van der Waals surface area contributed by atoms with Crippen molar-refractivity contribution in [2.75, 3.05) is 39.6 Å². The van der Waals surface area contributed by atoms with Gasteiger partial charge >= 0.3 is 39.5 Å². The van der Waals surface area contributed by atoms with Gasteiger partial charge in [-0.05, 0) is 141 Å². The molecule has 0 amide bonds. The number of hydrogen-bond acceptors (Lipinski definition) is 15. The quantitative estimate of drug-likeness (QED) is 0.0169. The highest BCUT2D eigenvalue weighted by Gasteiger charge is 2.30. The molecule has 5 atom stereocenters. The van der Waals surface area contributed by atoms with Crippen LogP contribution in [0.4, 0.5) is 0 Å². The van der Waals surface area contributed by atoms with Crippen molar-refractivity contribution in [1.29, 1.82) is 0 Å². The van der Waals surface area contributed by atoms with Gasteiger partial charge in [-0.25, -0.2) is 9.13 Å². The number of phosphoric ester groups is 2. The maximum Gasteiger partial charge on any atom is 0.472 e. The zero-order valence-corrected chi connectivity index (χ0v) is 66.3. The maximum absolute atomic E-state index is 13.1. The van der Waals surface area contributed by atoms with Gasteiger partial charge in [-0.15, -0.1) is 0 Å². The Hall–Kier alpha value is -4.02. The monoisotopic (exact) mass is 1480 g/mol. The van der Waals surface area contributed by atoms with Crippen molar-refractivity contribution in [3.8, 4) is 0 Å². The zero-order valence-electron chi connectivity index (χ0n) is 64.5. The SMILES string of the molecule is CCCCC/C=C\C/C=C\C/C=C\C/C=C\C/C=C\CCC(=O)O[C@H](COC(=O)CCCCCCCCC/C=C\CCCCCC)COP(=O)(O)OC[C@@H](O)COP(=O)(O)OC[C@@H](COC(=O)CCCCCCC/C=C\CCCCCC)OC(=O)CCCCCCC/C=C\CCCCCCCC. The fourth-order valence-corrected chi connectivity index (χ4v) is 12.4. The molecule has 0 aliphatic rings. The second kappa shape index (κ2) is 75.2. The van der Waals surface area contributed by atoms with Gasteiger partial charge in [0.15, 0.2) is 12.2 Å². The minimum absolute atomic E-state index is 0.0288. The Balaban J connectivity index is 5.43. The lowest BCUT2D eigenvalue weighted by molar-refractivity contribution is -0.161. The molecule has 102 heavy (non-hydrogen) atoms. The summed E-state index contributed by atoms with van der Waals surface area (Å²) in [4.78, 5) is 73.0. The summed E-state index contributed by atoms with van der Waals surface area (Å²) in [5.74, 6) is -2.28. The Morgan fingerprint density at radius 1 is 0.275 bits per heavy atom. The molecular formula is C83H146O17P2. The molecule has 0 rings (SSSR count). The van der Waals surface area contributed by atoms with Crippen molar-refractivity contribution >= 4 is 39.5 Å². The normalized spacial score (nSPS) is 14.4. The fraction of sp³-hybridized carbons (Fsp3) is 0.759. The minimum atomic E-state index is -5.00. The molecular weight excluding hydrogens is 1330 g/mol. The molecule has 19 heteroatoms. The van der Waals surface area contributed by atoms with Crippen molar-refractivity contribution in [2.45, 2.75) is 367 Å². The van der Waals surface area contributed by atoms with Gasteiger partial charge in [-0.1, -0.05) is 279 Å². The van der Waals surface area contributed by atoms with Crippen LogP contribution in [0.25, 0.3) is 0 Å². The van der Waals surface area contributed by atoms with Gasteiger partial charge in [-0.2, -0.15) is 0 Å². The third kappa shape index (κ3) is 74.3. The van der Waals surface area contributed by atoms with Crippen molar-refractivity contribution in [3.63, 3.8) is 0 Å². The number of aliphatic hydroxyl groups excluding tert-OH is 1. The lowest BCUT2D eigenvalue weighted by atomic mass is 10.1. The Morgan fingerprint density at radius 3 is 0.833 bits per heavy atom. The minimum Gasteiger partial charge on any atom is -0.462 e. The number of aliphatic hydroxyl groups is 1. The molecule has 0 heterocycles. The van der Waals surface area contributed by atoms with Gasteiger partial charge in [0.25, 0.3) is 0 Å². The molecule has 2 unspecified atom stereocenters. The number of ether oxygens (including phenoxy) is 4. The number of unbranched alkanes of at least 4 members (excludes halogenated alkanes) is 34. The van der Waals surface area contributed by atoms with E-state index in [0.717, 1.165) is 141 Å². The average molecular weight is 1480 g/mol. The van der Waals surface area contributed by atoms with E-state index >= 15 is 0 Å². The van der Waals surface area contributed by atoms with E-state index in [2.05, 4.69) is 107 Å². The van der Waals surface area contributed by atoms with E-state index in [0.29, 0.717) is 32.1 Å². The molecule has 0 saturated heterocycles. The predicted octanol–water partition coefficient (Wildman–Crippen LogP) is 23.6. The van der Waals surface area contributed by atoms with E-state index in [-0.39, 0.29) is 25.7 Å². The Bertz CT molecular complexity index is 2310. The Kier molecular flexibility index (Phi) is 72.3. The van der Waals surface area contributed by atoms with Crippen LogP contribution in [0.2, 0.25) is 0 Å². The molecule has 0 fully saturated rings. The molecule has 590 valence electrons. The van der Waals surface area contributed by atoms with Crippen LogP contribution in [-0.4, -0.2) is 96.7 Å². The molecule has 0 aromatic rings. The van der Waals surface area contributed by atoms with E-state index in [9.17, 15) is 43.2 Å². The van der Waals surface area contributed by atoms with E-state index in [1.54, 1.807) is 0 Å². The van der Waals surface area contributed by atoms with Gasteiger partial charge in [-0.3, -0.25) is 37.3 Å². The summed E-state index contributed by atoms with van der Waals surface area (Å²) < 4.78 is 68.5. The van der Waals surface area contributed by atoms with E-state index in [1.807, 2.05) is 18.2 Å². The summed E-state index contributed by atoms with van der Waals surface area (Å²) >= 11 is 0. The fourth-order valence-electron chi connectivity index (χ4n) is 10.8. The molecule has 0 aliphatic heterocycles. The van der Waals surface area contributed by atoms with Gasteiger partial charge < -0.3 is 33.8 Å². The number of phosphoric acid groups is 2. The third-order valence-electron chi connectivity index (χ3n) is 17.0. The first-order valence-electron chi connectivity index (χ1n) is 40.5. The second-order valence-corrected chi connectivity index (χ2v) is 29.9. The highest BCUT2D eigenvalue weighted by atomic mass is 31.2. The summed E-state index contributed by atoms with van der Waals surface area (Å²) in [6, 6.07) is 0. The summed E-state index contributed by atoms with van der Waals surface area (Å²) in [5.41, 5.74) is 0. The van der Waals surface area contributed by atoms with Crippen LogP contribution in [0.1, 0.15) is 349 Å². The summed E-state index contributed by atoms with van der Waals surface area (Å²) in [5, 5.41) is 10.6. The van der Waals surface area contributed by atoms with Crippen molar-refractivity contribution < 1.29 is 80.2 Å². The largest absolute Gasteiger partial charge is 0.472 e. The average Bonchev–Trinajstić information content (AvgIpc) is 1.21. The van der Waals surface area contributed by atoms with Crippen molar-refractivity contribution in [1.82, 2.24) is 0 Å². The molecule has 0 bridgehead atoms. The third-order valence-corrected chi connectivity index (χ3v) is 18.9. The van der Waals surface area contributed by atoms with Crippen LogP contribution >= 0.6 is 15.6 Å². The second-order valence-electron chi connectivity index (χ2n) is 27.0. The first-order chi connectivity index (χ1) is 49.7. The Morgan fingerprint density at radius 2 is 0.500 bits per heavy atom. The van der Waals surface area contributed by atoms with Crippen LogP contribution in [-0.2, 0) is 65.4 Å². The molecule has 0 aliphatic carbocycles. The maximum atomic E-state index is 13.1. The highest BCUT2D eigenvalue weighted by Crippen LogP contribution is 2.45. The van der Waals surface area contributed by atoms with Crippen LogP contribution in [0, 0.1) is 0 Å². The molecule has 3 N–H and O–H groups in total. The van der Waals surface area contributed by atoms with Crippen LogP contribution < -0.4 is 0 Å². The van der Waals surface area contributed by atoms with Crippen molar-refractivity contribution in [2.24, 2.45) is 0 Å². The van der Waals surface area contributed by atoms with E-state index < -0.39 is 97.5 Å². The Labute approximate surface area is 620 Å². The van der Waals surface area contributed by atoms with Gasteiger partial charge in [0.05, 0.1) is 26.4 Å². The molecule has 0 saturated carbocycles. The van der Waals surface area contributed by atoms with Gasteiger partial charge in [0.2, 0.25) is 0 Å². The topological polar surface area (TPSA) is 237 Å². The summed E-state index contributed by atoms with van der Waals surface area (Å²) in [6.07, 6.45) is 79.7. The number of allylic oxidation sites excluding steroid dienone is 16. The van der Waals surface area contributed by atoms with Crippen LogP contribution in [0.5, 0.6) is 0 Å². The number of carbonyl (C=O) groups excluding carboxylic acids is 4. The molecule has 0 aromatic heterocycles. The van der Waals surface area contributed by atoms with E-state index in [1.165, 1.54) is 122 Å². The highest BCUT2D eigenvalue weighted by molar-refractivity contribution is 7.47. The molecule has 0 aromatic carbocycles. The lowest BCUT2D eigenvalue weighted by Gasteiger charge is -2.21. The standard InChI is InChI=1S/C83H146O17P2/c1-5-9-13-17-21-25-29-33-36-37-38-39-42-46-50-54-58-62-66-70-83(88)100-79(74-94-81(86)68-64-60-56-52-48-44-40-34-30-26-22-18-14-10-6-2)76-98-102(91,92)96-72-77(84)71-95-101(89,90)97-75-78(73-93-80(85)67-63-59-55-51-47-43-32-28-24-20-16-12-8-4)99-82(87)69-65-61-57-53-49-45-41-35-31-27-23-19-15-11-7-3/h21,25-26,28,30,32-33,35-36,38-39,41,46,50,58,62,77-79,84H,5-20,22-24,27,29,31,34,37,40,42-45,47-49,51-57,59-61,63-76H2,1-4H3,(H,89,90)(H,91,92)/b25-21-,30-26-,32-28-,36-33-,39-38-,41-35-,50-46-,62-58-/t77-,78+,79+/m0/s1. The lowest BCUT2D eigenvalue weighted by Crippen LogP contribution is -2.30. The molecule has 0 radical (unpaired) electrons. The molecule has 0 spiro atoms.